The van der Waals surface area contributed by atoms with E-state index in [1.807, 2.05) is 24.3 Å². The molecule has 25 heavy (non-hydrogen) atoms. The van der Waals surface area contributed by atoms with Gasteiger partial charge in [0.1, 0.15) is 5.75 Å². The van der Waals surface area contributed by atoms with E-state index in [1.54, 1.807) is 28.3 Å². The summed E-state index contributed by atoms with van der Waals surface area (Å²) >= 11 is 0. The van der Waals surface area contributed by atoms with Crippen LogP contribution in [0.1, 0.15) is 12.0 Å². The van der Waals surface area contributed by atoms with Gasteiger partial charge < -0.3 is 25.0 Å². The van der Waals surface area contributed by atoms with E-state index in [0.717, 1.165) is 31.1 Å². The SMILES string of the molecule is CN=C(NCCCOC)NCc1cccc(OCC(=O)N(C)C)c1.I. The van der Waals surface area contributed by atoms with Gasteiger partial charge in [-0.05, 0) is 24.1 Å². The first-order valence-electron chi connectivity index (χ1n) is 7.92. The van der Waals surface area contributed by atoms with Gasteiger partial charge in [0.2, 0.25) is 0 Å². The molecule has 1 aromatic carbocycles. The van der Waals surface area contributed by atoms with Crippen molar-refractivity contribution in [2.45, 2.75) is 13.0 Å². The number of halogens is 1. The van der Waals surface area contributed by atoms with Gasteiger partial charge in [0.15, 0.2) is 12.6 Å². The van der Waals surface area contributed by atoms with Gasteiger partial charge in [0.25, 0.3) is 5.91 Å². The number of hydrogen-bond acceptors (Lipinski definition) is 4. The Bertz CT molecular complexity index is 538. The highest BCUT2D eigenvalue weighted by atomic mass is 127. The molecule has 0 fully saturated rings. The Labute approximate surface area is 167 Å². The number of carbonyl (C=O) groups is 1. The number of benzene rings is 1. The van der Waals surface area contributed by atoms with Crippen molar-refractivity contribution in [3.05, 3.63) is 29.8 Å². The minimum Gasteiger partial charge on any atom is -0.484 e. The van der Waals surface area contributed by atoms with Gasteiger partial charge in [-0.25, -0.2) is 0 Å². The fraction of sp³-hybridized carbons (Fsp3) is 0.529. The Balaban J connectivity index is 0.00000576. The Morgan fingerprint density at radius 2 is 2.04 bits per heavy atom. The van der Waals surface area contributed by atoms with Crippen molar-refractivity contribution in [2.75, 3.05) is 48.0 Å². The van der Waals surface area contributed by atoms with Crippen LogP contribution in [0, 0.1) is 0 Å². The van der Waals surface area contributed by atoms with E-state index in [9.17, 15) is 4.79 Å². The normalized spacial score (nSPS) is 10.6. The van der Waals surface area contributed by atoms with Crippen LogP contribution < -0.4 is 15.4 Å². The van der Waals surface area contributed by atoms with Crippen LogP contribution in [0.15, 0.2) is 29.3 Å². The van der Waals surface area contributed by atoms with Gasteiger partial charge in [-0.3, -0.25) is 9.79 Å². The molecule has 0 saturated carbocycles. The van der Waals surface area contributed by atoms with E-state index in [2.05, 4.69) is 15.6 Å². The van der Waals surface area contributed by atoms with Crippen LogP contribution in [0.2, 0.25) is 0 Å². The maximum Gasteiger partial charge on any atom is 0.259 e. The Hall–Kier alpha value is -1.55. The lowest BCUT2D eigenvalue weighted by Gasteiger charge is -2.13. The van der Waals surface area contributed by atoms with Crippen molar-refractivity contribution in [3.8, 4) is 5.75 Å². The minimum absolute atomic E-state index is 0. The first-order chi connectivity index (χ1) is 11.6. The van der Waals surface area contributed by atoms with E-state index in [1.165, 1.54) is 4.90 Å². The topological polar surface area (TPSA) is 75.2 Å². The first kappa shape index (κ1) is 23.4. The number of aliphatic imine (C=N–C) groups is 1. The van der Waals surface area contributed by atoms with E-state index < -0.39 is 0 Å². The van der Waals surface area contributed by atoms with Crippen molar-refractivity contribution in [1.82, 2.24) is 15.5 Å². The van der Waals surface area contributed by atoms with E-state index in [4.69, 9.17) is 9.47 Å². The molecule has 0 spiro atoms. The molecule has 1 rings (SSSR count). The average Bonchev–Trinajstić information content (AvgIpc) is 2.59. The molecule has 0 atom stereocenters. The third-order valence-corrected chi connectivity index (χ3v) is 3.26. The van der Waals surface area contributed by atoms with Gasteiger partial charge in [-0.1, -0.05) is 12.1 Å². The van der Waals surface area contributed by atoms with Crippen LogP contribution >= 0.6 is 24.0 Å². The molecule has 0 bridgehead atoms. The number of ether oxygens (including phenoxy) is 2. The predicted octanol–water partition coefficient (Wildman–Crippen LogP) is 1.47. The molecule has 7 nitrogen and oxygen atoms in total. The van der Waals surface area contributed by atoms with E-state index in [0.29, 0.717) is 12.3 Å². The summed E-state index contributed by atoms with van der Waals surface area (Å²) in [6.45, 7) is 2.16. The van der Waals surface area contributed by atoms with Crippen molar-refractivity contribution in [1.29, 1.82) is 0 Å². The molecule has 0 radical (unpaired) electrons. The lowest BCUT2D eigenvalue weighted by atomic mass is 10.2. The van der Waals surface area contributed by atoms with Gasteiger partial charge in [0, 0.05) is 47.9 Å². The Kier molecular flexibility index (Phi) is 12.9. The molecule has 142 valence electrons. The van der Waals surface area contributed by atoms with Crippen molar-refractivity contribution in [2.24, 2.45) is 4.99 Å². The molecular formula is C17H29IN4O3. The van der Waals surface area contributed by atoms with Crippen molar-refractivity contribution in [3.63, 3.8) is 0 Å². The molecule has 1 amide bonds. The molecule has 0 saturated heterocycles. The number of nitrogens with one attached hydrogen (secondary N) is 2. The van der Waals surface area contributed by atoms with Gasteiger partial charge in [0.05, 0.1) is 0 Å². The molecule has 0 aromatic heterocycles. The maximum absolute atomic E-state index is 11.6. The fourth-order valence-electron chi connectivity index (χ4n) is 1.85. The third-order valence-electron chi connectivity index (χ3n) is 3.26. The molecule has 0 aliphatic rings. The number of likely N-dealkylation sites (N-methyl/N-ethyl adjacent to an activating group) is 1. The predicted molar refractivity (Wildman–Crippen MR) is 111 cm³/mol. The number of carbonyl (C=O) groups excluding carboxylic acids is 1. The molecular weight excluding hydrogens is 435 g/mol. The van der Waals surface area contributed by atoms with Crippen LogP contribution in [0.4, 0.5) is 0 Å². The molecule has 2 N–H and O–H groups in total. The molecule has 0 aliphatic heterocycles. The van der Waals surface area contributed by atoms with Crippen LogP contribution in [-0.2, 0) is 16.1 Å². The van der Waals surface area contributed by atoms with Crippen LogP contribution in [0.25, 0.3) is 0 Å². The summed E-state index contributed by atoms with van der Waals surface area (Å²) in [7, 11) is 6.83. The highest BCUT2D eigenvalue weighted by molar-refractivity contribution is 14.0. The van der Waals surface area contributed by atoms with E-state index >= 15 is 0 Å². The highest BCUT2D eigenvalue weighted by Crippen LogP contribution is 2.13. The first-order valence-corrected chi connectivity index (χ1v) is 7.92. The zero-order chi connectivity index (χ0) is 17.8. The Morgan fingerprint density at radius 3 is 2.68 bits per heavy atom. The summed E-state index contributed by atoms with van der Waals surface area (Å²) in [5.74, 6) is 1.34. The summed E-state index contributed by atoms with van der Waals surface area (Å²) in [4.78, 5) is 17.2. The van der Waals surface area contributed by atoms with Crippen molar-refractivity contribution < 1.29 is 14.3 Å². The van der Waals surface area contributed by atoms with Gasteiger partial charge in [-0.15, -0.1) is 24.0 Å². The second kappa shape index (κ2) is 13.7. The summed E-state index contributed by atoms with van der Waals surface area (Å²) < 4.78 is 10.5. The average molecular weight is 464 g/mol. The summed E-state index contributed by atoms with van der Waals surface area (Å²) in [6, 6.07) is 7.64. The molecule has 0 heterocycles. The fourth-order valence-corrected chi connectivity index (χ4v) is 1.85. The van der Waals surface area contributed by atoms with Crippen molar-refractivity contribution >= 4 is 35.8 Å². The summed E-state index contributed by atoms with van der Waals surface area (Å²) in [6.07, 6.45) is 0.917. The number of amides is 1. The zero-order valence-electron chi connectivity index (χ0n) is 15.4. The highest BCUT2D eigenvalue weighted by Gasteiger charge is 2.05. The van der Waals surface area contributed by atoms with Gasteiger partial charge >= 0.3 is 0 Å². The second-order valence-corrected chi connectivity index (χ2v) is 5.42. The monoisotopic (exact) mass is 464 g/mol. The molecule has 0 unspecified atom stereocenters. The number of rotatable bonds is 9. The lowest BCUT2D eigenvalue weighted by Crippen LogP contribution is -2.37. The van der Waals surface area contributed by atoms with Crippen LogP contribution in [0.5, 0.6) is 5.75 Å². The Morgan fingerprint density at radius 1 is 1.28 bits per heavy atom. The van der Waals surface area contributed by atoms with Gasteiger partial charge in [-0.2, -0.15) is 0 Å². The quantitative estimate of drug-likeness (QED) is 0.251. The number of guanidine groups is 1. The van der Waals surface area contributed by atoms with Crippen LogP contribution in [0.3, 0.4) is 0 Å². The number of hydrogen-bond donors (Lipinski definition) is 2. The minimum atomic E-state index is -0.0702. The summed E-state index contributed by atoms with van der Waals surface area (Å²) in [5.41, 5.74) is 1.05. The van der Waals surface area contributed by atoms with E-state index in [-0.39, 0.29) is 36.5 Å². The lowest BCUT2D eigenvalue weighted by molar-refractivity contribution is -0.130. The van der Waals surface area contributed by atoms with Crippen LogP contribution in [-0.4, -0.2) is 64.8 Å². The molecule has 0 aliphatic carbocycles. The number of nitrogens with zero attached hydrogens (tertiary/aromatic N) is 2. The maximum atomic E-state index is 11.6. The largest absolute Gasteiger partial charge is 0.484 e. The molecule has 8 heteroatoms. The molecule has 1 aromatic rings. The third kappa shape index (κ3) is 10.1. The summed E-state index contributed by atoms with van der Waals surface area (Å²) in [5, 5.41) is 6.46. The zero-order valence-corrected chi connectivity index (χ0v) is 17.7. The number of methoxy groups -OCH3 is 1. The standard InChI is InChI=1S/C17H28N4O3.HI/c1-18-17(19-9-6-10-23-4)20-12-14-7-5-8-15(11-14)24-13-16(22)21(2)3;/h5,7-8,11H,6,9-10,12-13H2,1-4H3,(H2,18,19,20);1H. The smallest absolute Gasteiger partial charge is 0.259 e. The second-order valence-electron chi connectivity index (χ2n) is 5.42.